The number of halogens is 1. The summed E-state index contributed by atoms with van der Waals surface area (Å²) < 4.78 is 14.7. The topological polar surface area (TPSA) is 96.2 Å². The van der Waals surface area contributed by atoms with Gasteiger partial charge in [-0.3, -0.25) is 9.48 Å². The Balaban J connectivity index is 1.41. The SMILES string of the molecule is Cc1nc(CCc2cnn(CC(O)c3ccc(F)cc3)c2)nc2c1NC(=O)[C@H](C)N2C. The lowest BCUT2D eigenvalue weighted by Crippen LogP contribution is -2.45. The monoisotopic (exact) mass is 424 g/mol. The quantitative estimate of drug-likeness (QED) is 0.631. The van der Waals surface area contributed by atoms with E-state index in [1.807, 2.05) is 32.0 Å². The van der Waals surface area contributed by atoms with E-state index in [9.17, 15) is 14.3 Å². The number of aromatic nitrogens is 4. The first-order valence-electron chi connectivity index (χ1n) is 10.2. The van der Waals surface area contributed by atoms with Gasteiger partial charge in [0.15, 0.2) is 5.82 Å². The number of hydrogen-bond acceptors (Lipinski definition) is 6. The van der Waals surface area contributed by atoms with Gasteiger partial charge in [0.1, 0.15) is 23.4 Å². The molecule has 0 bridgehead atoms. The number of rotatable bonds is 6. The third-order valence-electron chi connectivity index (χ3n) is 5.60. The molecule has 9 heteroatoms. The van der Waals surface area contributed by atoms with Crippen LogP contribution in [0, 0.1) is 12.7 Å². The molecule has 3 heterocycles. The molecule has 1 unspecified atom stereocenters. The van der Waals surface area contributed by atoms with Gasteiger partial charge in [-0.1, -0.05) is 12.1 Å². The average Bonchev–Trinajstić information content (AvgIpc) is 3.19. The Hall–Kier alpha value is -3.33. The maximum Gasteiger partial charge on any atom is 0.246 e. The van der Waals surface area contributed by atoms with Crippen LogP contribution in [-0.2, 0) is 24.2 Å². The summed E-state index contributed by atoms with van der Waals surface area (Å²) in [6.07, 6.45) is 4.18. The lowest BCUT2D eigenvalue weighted by molar-refractivity contribution is -0.117. The van der Waals surface area contributed by atoms with Gasteiger partial charge in [-0.25, -0.2) is 14.4 Å². The maximum atomic E-state index is 13.1. The molecule has 31 heavy (non-hydrogen) atoms. The summed E-state index contributed by atoms with van der Waals surface area (Å²) in [6, 6.07) is 5.51. The van der Waals surface area contributed by atoms with Gasteiger partial charge in [-0.2, -0.15) is 5.10 Å². The molecule has 0 aliphatic carbocycles. The Morgan fingerprint density at radius 1 is 1.23 bits per heavy atom. The largest absolute Gasteiger partial charge is 0.386 e. The van der Waals surface area contributed by atoms with Crippen molar-refractivity contribution in [1.29, 1.82) is 0 Å². The van der Waals surface area contributed by atoms with Crippen molar-refractivity contribution in [2.75, 3.05) is 17.3 Å². The fraction of sp³-hybridized carbons (Fsp3) is 0.364. The zero-order chi connectivity index (χ0) is 22.1. The van der Waals surface area contributed by atoms with E-state index in [1.165, 1.54) is 12.1 Å². The zero-order valence-electron chi connectivity index (χ0n) is 17.7. The molecule has 0 fully saturated rings. The van der Waals surface area contributed by atoms with Crippen LogP contribution in [-0.4, -0.2) is 43.9 Å². The van der Waals surface area contributed by atoms with Crippen molar-refractivity contribution in [3.05, 3.63) is 65.1 Å². The Labute approximate surface area is 179 Å². The molecule has 0 saturated carbocycles. The van der Waals surface area contributed by atoms with Crippen LogP contribution in [0.25, 0.3) is 0 Å². The van der Waals surface area contributed by atoms with E-state index in [0.29, 0.717) is 29.9 Å². The second kappa shape index (κ2) is 8.43. The van der Waals surface area contributed by atoms with Gasteiger partial charge in [-0.05, 0) is 43.5 Å². The zero-order valence-corrected chi connectivity index (χ0v) is 17.7. The summed E-state index contributed by atoms with van der Waals surface area (Å²) in [7, 11) is 1.86. The summed E-state index contributed by atoms with van der Waals surface area (Å²) in [6.45, 7) is 3.98. The average molecular weight is 424 g/mol. The second-order valence-electron chi connectivity index (χ2n) is 7.84. The van der Waals surface area contributed by atoms with Crippen molar-refractivity contribution in [3.8, 4) is 0 Å². The molecule has 0 spiro atoms. The fourth-order valence-electron chi connectivity index (χ4n) is 3.57. The van der Waals surface area contributed by atoms with Gasteiger partial charge in [-0.15, -0.1) is 0 Å². The van der Waals surface area contributed by atoms with Crippen molar-refractivity contribution >= 4 is 17.4 Å². The number of aryl methyl sites for hydroxylation is 3. The lowest BCUT2D eigenvalue weighted by Gasteiger charge is -2.32. The third-order valence-corrected chi connectivity index (χ3v) is 5.60. The summed E-state index contributed by atoms with van der Waals surface area (Å²) in [5, 5.41) is 17.6. The van der Waals surface area contributed by atoms with Crippen molar-refractivity contribution in [2.24, 2.45) is 0 Å². The Morgan fingerprint density at radius 2 is 1.97 bits per heavy atom. The second-order valence-corrected chi connectivity index (χ2v) is 7.84. The predicted octanol–water partition coefficient (Wildman–Crippen LogP) is 2.42. The van der Waals surface area contributed by atoms with Gasteiger partial charge in [0.05, 0.1) is 24.5 Å². The molecule has 1 aliphatic heterocycles. The van der Waals surface area contributed by atoms with E-state index in [1.54, 1.807) is 23.0 Å². The number of benzene rings is 1. The molecule has 1 aliphatic rings. The van der Waals surface area contributed by atoms with Gasteiger partial charge < -0.3 is 15.3 Å². The van der Waals surface area contributed by atoms with Crippen LogP contribution in [0.1, 0.15) is 35.7 Å². The minimum Gasteiger partial charge on any atom is -0.386 e. The van der Waals surface area contributed by atoms with Crippen LogP contribution in [0.2, 0.25) is 0 Å². The minimum absolute atomic E-state index is 0.0651. The summed E-state index contributed by atoms with van der Waals surface area (Å²) in [5.74, 6) is 1.03. The molecule has 2 N–H and O–H groups in total. The number of carbonyl (C=O) groups excluding carboxylic acids is 1. The molecule has 162 valence electrons. The van der Waals surface area contributed by atoms with Crippen LogP contribution in [0.15, 0.2) is 36.7 Å². The molecule has 1 aromatic carbocycles. The van der Waals surface area contributed by atoms with Crippen LogP contribution in [0.3, 0.4) is 0 Å². The normalized spacial score (nSPS) is 16.7. The molecular formula is C22H25FN6O2. The lowest BCUT2D eigenvalue weighted by atomic mass is 10.1. The van der Waals surface area contributed by atoms with Crippen LogP contribution >= 0.6 is 0 Å². The highest BCUT2D eigenvalue weighted by atomic mass is 19.1. The van der Waals surface area contributed by atoms with E-state index < -0.39 is 6.10 Å². The van der Waals surface area contributed by atoms with Gasteiger partial charge in [0.2, 0.25) is 5.91 Å². The predicted molar refractivity (Wildman–Crippen MR) is 114 cm³/mol. The van der Waals surface area contributed by atoms with Crippen molar-refractivity contribution in [3.63, 3.8) is 0 Å². The number of nitrogens with zero attached hydrogens (tertiary/aromatic N) is 5. The highest BCUT2D eigenvalue weighted by molar-refractivity contribution is 6.02. The summed E-state index contributed by atoms with van der Waals surface area (Å²) in [5.41, 5.74) is 3.05. The third kappa shape index (κ3) is 4.41. The Morgan fingerprint density at radius 3 is 2.71 bits per heavy atom. The number of aliphatic hydroxyl groups is 1. The molecule has 2 atom stereocenters. The van der Waals surface area contributed by atoms with E-state index in [0.717, 1.165) is 17.1 Å². The van der Waals surface area contributed by atoms with E-state index in [-0.39, 0.29) is 24.3 Å². The Kier molecular flexibility index (Phi) is 5.69. The molecule has 0 radical (unpaired) electrons. The Bertz CT molecular complexity index is 1100. The molecule has 3 aromatic rings. The molecule has 1 amide bonds. The first kappa shape index (κ1) is 20.9. The van der Waals surface area contributed by atoms with Gasteiger partial charge in [0, 0.05) is 19.7 Å². The highest BCUT2D eigenvalue weighted by Crippen LogP contribution is 2.31. The number of likely N-dealkylation sites (N-methyl/N-ethyl adjacent to an activating group) is 1. The molecular weight excluding hydrogens is 399 g/mol. The highest BCUT2D eigenvalue weighted by Gasteiger charge is 2.30. The van der Waals surface area contributed by atoms with Crippen molar-refractivity contribution in [1.82, 2.24) is 19.7 Å². The van der Waals surface area contributed by atoms with Crippen LogP contribution < -0.4 is 10.2 Å². The maximum absolute atomic E-state index is 13.1. The number of amides is 1. The molecule has 0 saturated heterocycles. The first-order valence-corrected chi connectivity index (χ1v) is 10.2. The first-order chi connectivity index (χ1) is 14.8. The number of carbonyl (C=O) groups is 1. The van der Waals surface area contributed by atoms with Crippen LogP contribution in [0.4, 0.5) is 15.9 Å². The van der Waals surface area contributed by atoms with E-state index in [4.69, 9.17) is 0 Å². The van der Waals surface area contributed by atoms with Gasteiger partial charge in [0.25, 0.3) is 0 Å². The molecule has 2 aromatic heterocycles. The van der Waals surface area contributed by atoms with E-state index >= 15 is 0 Å². The van der Waals surface area contributed by atoms with E-state index in [2.05, 4.69) is 20.4 Å². The molecule has 4 rings (SSSR count). The standard InChI is InChI=1S/C22H25FN6O2/c1-13-20-21(28(3)14(2)22(31)27-20)26-19(25-13)9-4-15-10-24-29(11-15)12-18(30)16-5-7-17(23)8-6-16/h5-8,10-11,14,18,30H,4,9,12H2,1-3H3,(H,27,31)/t14-,18?/m0/s1. The summed E-state index contributed by atoms with van der Waals surface area (Å²) in [4.78, 5) is 23.1. The van der Waals surface area contributed by atoms with Gasteiger partial charge >= 0.3 is 0 Å². The van der Waals surface area contributed by atoms with Crippen molar-refractivity contribution < 1.29 is 14.3 Å². The smallest absolute Gasteiger partial charge is 0.246 e. The number of hydrogen-bond donors (Lipinski definition) is 2. The number of nitrogens with one attached hydrogen (secondary N) is 1. The van der Waals surface area contributed by atoms with Crippen LogP contribution in [0.5, 0.6) is 0 Å². The summed E-state index contributed by atoms with van der Waals surface area (Å²) >= 11 is 0. The van der Waals surface area contributed by atoms with Crippen molar-refractivity contribution in [2.45, 2.75) is 45.4 Å². The number of anilines is 2. The number of aliphatic hydroxyl groups excluding tert-OH is 1. The minimum atomic E-state index is -0.771. The number of fused-ring (bicyclic) bond motifs is 1. The molecule has 8 nitrogen and oxygen atoms in total. The fourth-order valence-corrected chi connectivity index (χ4v) is 3.57.